The summed E-state index contributed by atoms with van der Waals surface area (Å²) in [5, 5.41) is 8.82. The smallest absolute Gasteiger partial charge is 0.258 e. The van der Waals surface area contributed by atoms with E-state index in [2.05, 4.69) is 9.71 Å². The van der Waals surface area contributed by atoms with Crippen LogP contribution >= 0.6 is 0 Å². The Morgan fingerprint density at radius 1 is 1.44 bits per heavy atom. The van der Waals surface area contributed by atoms with Crippen LogP contribution < -0.4 is 4.72 Å². The van der Waals surface area contributed by atoms with Gasteiger partial charge in [0.05, 0.1) is 6.61 Å². The Labute approximate surface area is 108 Å². The maximum atomic E-state index is 11.8. The van der Waals surface area contributed by atoms with Crippen molar-refractivity contribution in [3.8, 4) is 0 Å². The molecule has 0 aliphatic heterocycles. The number of rotatable bonds is 7. The number of pyridine rings is 1. The minimum atomic E-state index is -3.56. The summed E-state index contributed by atoms with van der Waals surface area (Å²) >= 11 is 0. The number of aliphatic hydroxyl groups excluding tert-OH is 1. The molecule has 1 heterocycles. The fraction of sp³-hybridized carbons (Fsp3) is 0.545. The zero-order valence-corrected chi connectivity index (χ0v) is 11.4. The van der Waals surface area contributed by atoms with Crippen molar-refractivity contribution in [2.75, 3.05) is 26.7 Å². The maximum Gasteiger partial charge on any atom is 0.258 e. The van der Waals surface area contributed by atoms with Gasteiger partial charge >= 0.3 is 0 Å². The van der Waals surface area contributed by atoms with Crippen LogP contribution in [0.1, 0.15) is 12.5 Å². The van der Waals surface area contributed by atoms with Gasteiger partial charge in [0, 0.05) is 19.3 Å². The molecule has 1 rings (SSSR count). The van der Waals surface area contributed by atoms with Gasteiger partial charge in [-0.15, -0.1) is 0 Å². The average molecular weight is 273 g/mol. The maximum absolute atomic E-state index is 11.8. The molecular weight excluding hydrogens is 254 g/mol. The molecule has 0 atom stereocenters. The second kappa shape index (κ2) is 6.79. The third kappa shape index (κ3) is 4.34. The highest BCUT2D eigenvalue weighted by Gasteiger charge is 2.14. The second-order valence-electron chi connectivity index (χ2n) is 3.96. The molecule has 0 fully saturated rings. The summed E-state index contributed by atoms with van der Waals surface area (Å²) in [6.45, 7) is 3.71. The average Bonchev–Trinajstić information content (AvgIpc) is 2.38. The lowest BCUT2D eigenvalue weighted by Gasteiger charge is -2.13. The van der Waals surface area contributed by atoms with Crippen molar-refractivity contribution in [3.05, 3.63) is 23.9 Å². The minimum absolute atomic E-state index is 0.0288. The van der Waals surface area contributed by atoms with Crippen LogP contribution in [0, 0.1) is 0 Å². The molecule has 0 aliphatic rings. The predicted octanol–water partition coefficient (Wildman–Crippen LogP) is -0.196. The van der Waals surface area contributed by atoms with E-state index in [1.54, 1.807) is 6.07 Å². The Kier molecular flexibility index (Phi) is 5.67. The van der Waals surface area contributed by atoms with Gasteiger partial charge in [0.15, 0.2) is 5.03 Å². The first-order valence-corrected chi connectivity index (χ1v) is 7.22. The largest absolute Gasteiger partial charge is 0.392 e. The van der Waals surface area contributed by atoms with Gasteiger partial charge in [-0.3, -0.25) is 0 Å². The van der Waals surface area contributed by atoms with Gasteiger partial charge in [0.25, 0.3) is 10.0 Å². The van der Waals surface area contributed by atoms with Crippen molar-refractivity contribution >= 4 is 10.0 Å². The SMILES string of the molecule is CCN(C)CCNS(=O)(=O)c1ccc(CO)cn1. The van der Waals surface area contributed by atoms with Gasteiger partial charge in [-0.2, -0.15) is 0 Å². The van der Waals surface area contributed by atoms with Gasteiger partial charge in [0.1, 0.15) is 0 Å². The highest BCUT2D eigenvalue weighted by molar-refractivity contribution is 7.89. The zero-order valence-electron chi connectivity index (χ0n) is 10.6. The Morgan fingerprint density at radius 3 is 2.67 bits per heavy atom. The molecule has 18 heavy (non-hydrogen) atoms. The molecule has 7 heteroatoms. The van der Waals surface area contributed by atoms with Crippen LogP contribution in [-0.2, 0) is 16.6 Å². The summed E-state index contributed by atoms with van der Waals surface area (Å²) in [5.41, 5.74) is 0.583. The van der Waals surface area contributed by atoms with Crippen LogP contribution in [0.15, 0.2) is 23.4 Å². The fourth-order valence-corrected chi connectivity index (χ4v) is 2.21. The van der Waals surface area contributed by atoms with Crippen molar-refractivity contribution in [3.63, 3.8) is 0 Å². The lowest BCUT2D eigenvalue weighted by atomic mass is 10.3. The summed E-state index contributed by atoms with van der Waals surface area (Å²) in [6.07, 6.45) is 1.35. The number of aliphatic hydroxyl groups is 1. The van der Waals surface area contributed by atoms with Crippen LogP contribution in [0.4, 0.5) is 0 Å². The molecule has 0 bridgehead atoms. The Balaban J connectivity index is 2.62. The standard InChI is InChI=1S/C11H19N3O3S/c1-3-14(2)7-6-13-18(16,17)11-5-4-10(9-15)8-12-11/h4-5,8,13,15H,3,6-7,9H2,1-2H3. The third-order valence-electron chi connectivity index (χ3n) is 2.58. The van der Waals surface area contributed by atoms with E-state index in [9.17, 15) is 8.42 Å². The highest BCUT2D eigenvalue weighted by atomic mass is 32.2. The van der Waals surface area contributed by atoms with Crippen molar-refractivity contribution in [1.29, 1.82) is 0 Å². The monoisotopic (exact) mass is 273 g/mol. The molecule has 0 amide bonds. The molecule has 102 valence electrons. The first-order valence-electron chi connectivity index (χ1n) is 5.73. The summed E-state index contributed by atoms with van der Waals surface area (Å²) in [7, 11) is -1.64. The summed E-state index contributed by atoms with van der Waals surface area (Å²) in [6, 6.07) is 2.93. The van der Waals surface area contributed by atoms with Gasteiger partial charge in [-0.1, -0.05) is 13.0 Å². The lowest BCUT2D eigenvalue weighted by molar-refractivity contribution is 0.281. The summed E-state index contributed by atoms with van der Waals surface area (Å²) < 4.78 is 26.2. The normalized spacial score (nSPS) is 12.0. The molecular formula is C11H19N3O3S. The Morgan fingerprint density at radius 2 is 2.17 bits per heavy atom. The molecule has 0 saturated carbocycles. The van der Waals surface area contributed by atoms with Gasteiger partial charge < -0.3 is 10.0 Å². The topological polar surface area (TPSA) is 82.5 Å². The minimum Gasteiger partial charge on any atom is -0.392 e. The van der Waals surface area contributed by atoms with E-state index in [0.29, 0.717) is 18.7 Å². The van der Waals surface area contributed by atoms with E-state index in [1.165, 1.54) is 12.3 Å². The van der Waals surface area contributed by atoms with E-state index < -0.39 is 10.0 Å². The number of hydrogen-bond acceptors (Lipinski definition) is 5. The molecule has 2 N–H and O–H groups in total. The predicted molar refractivity (Wildman–Crippen MR) is 68.5 cm³/mol. The molecule has 1 aromatic heterocycles. The number of aromatic nitrogens is 1. The summed E-state index contributed by atoms with van der Waals surface area (Å²) in [5.74, 6) is 0. The van der Waals surface area contributed by atoms with Crippen molar-refractivity contribution in [2.45, 2.75) is 18.6 Å². The second-order valence-corrected chi connectivity index (χ2v) is 5.67. The van der Waals surface area contributed by atoms with E-state index in [1.807, 2.05) is 18.9 Å². The number of sulfonamides is 1. The molecule has 0 radical (unpaired) electrons. The van der Waals surface area contributed by atoms with Crippen LogP contribution in [0.25, 0.3) is 0 Å². The zero-order chi connectivity index (χ0) is 13.6. The van der Waals surface area contributed by atoms with E-state index in [0.717, 1.165) is 6.54 Å². The number of hydrogen-bond donors (Lipinski definition) is 2. The third-order valence-corrected chi connectivity index (χ3v) is 3.96. The van der Waals surface area contributed by atoms with Crippen LogP contribution in [-0.4, -0.2) is 50.1 Å². The Hall–Kier alpha value is -1.02. The molecule has 0 saturated heterocycles. The number of nitrogens with zero attached hydrogens (tertiary/aromatic N) is 2. The first-order chi connectivity index (χ1) is 8.49. The number of likely N-dealkylation sites (N-methyl/N-ethyl adjacent to an activating group) is 1. The number of nitrogens with one attached hydrogen (secondary N) is 1. The Bertz CT molecular complexity index is 459. The van der Waals surface area contributed by atoms with Crippen molar-refractivity contribution in [1.82, 2.24) is 14.6 Å². The molecule has 1 aromatic rings. The van der Waals surface area contributed by atoms with Gasteiger partial charge in [-0.05, 0) is 25.2 Å². The van der Waals surface area contributed by atoms with Gasteiger partial charge in [-0.25, -0.2) is 18.1 Å². The quantitative estimate of drug-likeness (QED) is 0.719. The molecule has 0 aliphatic carbocycles. The van der Waals surface area contributed by atoms with E-state index in [-0.39, 0.29) is 11.6 Å². The van der Waals surface area contributed by atoms with Crippen LogP contribution in [0.3, 0.4) is 0 Å². The summed E-state index contributed by atoms with van der Waals surface area (Å²) in [4.78, 5) is 5.82. The lowest BCUT2D eigenvalue weighted by Crippen LogP contribution is -2.33. The van der Waals surface area contributed by atoms with E-state index in [4.69, 9.17) is 5.11 Å². The molecule has 0 unspecified atom stereocenters. The molecule has 0 aromatic carbocycles. The first kappa shape index (κ1) is 15.0. The van der Waals surface area contributed by atoms with Crippen molar-refractivity contribution < 1.29 is 13.5 Å². The highest BCUT2D eigenvalue weighted by Crippen LogP contribution is 2.06. The van der Waals surface area contributed by atoms with Gasteiger partial charge in [0.2, 0.25) is 0 Å². The van der Waals surface area contributed by atoms with Crippen LogP contribution in [0.2, 0.25) is 0 Å². The van der Waals surface area contributed by atoms with Crippen molar-refractivity contribution in [2.24, 2.45) is 0 Å². The van der Waals surface area contributed by atoms with Crippen LogP contribution in [0.5, 0.6) is 0 Å². The molecule has 0 spiro atoms. The molecule has 6 nitrogen and oxygen atoms in total. The van der Waals surface area contributed by atoms with E-state index >= 15 is 0 Å². The fourth-order valence-electron chi connectivity index (χ4n) is 1.27.